The highest BCUT2D eigenvalue weighted by molar-refractivity contribution is 6.51. The van der Waals surface area contributed by atoms with E-state index in [2.05, 4.69) is 29.6 Å². The van der Waals surface area contributed by atoms with Crippen molar-refractivity contribution in [2.75, 3.05) is 0 Å². The van der Waals surface area contributed by atoms with Gasteiger partial charge in [-0.1, -0.05) is 66.0 Å². The van der Waals surface area contributed by atoms with Crippen molar-refractivity contribution in [1.82, 2.24) is 0 Å². The van der Waals surface area contributed by atoms with Crippen molar-refractivity contribution >= 4 is 23.1 Å². The topological polar surface area (TPSA) is 68.3 Å². The summed E-state index contributed by atoms with van der Waals surface area (Å²) < 4.78 is 0. The fourth-order valence-corrected chi connectivity index (χ4v) is 4.24. The molecule has 0 aromatic heterocycles. The lowest BCUT2D eigenvalue weighted by molar-refractivity contribution is 0.0812. The number of rotatable bonds is 6. The summed E-state index contributed by atoms with van der Waals surface area (Å²) >= 11 is 0. The van der Waals surface area contributed by atoms with E-state index in [0.717, 1.165) is 11.1 Å². The predicted octanol–water partition coefficient (Wildman–Crippen LogP) is 6.60. The number of ketones is 4. The third kappa shape index (κ3) is 7.02. The SMILES string of the molecule is C#Cc1cc(C(=O)C(=O)c2ccc(C#Cc3ccccc3)cc2)cc(C(=O)C(=O)c2ccc(C#Cc3ccccc3)cc2)c1. The van der Waals surface area contributed by atoms with Gasteiger partial charge in [-0.05, 0) is 91.0 Å². The van der Waals surface area contributed by atoms with Gasteiger partial charge in [0.15, 0.2) is 0 Å². The smallest absolute Gasteiger partial charge is 0.233 e. The molecule has 0 spiro atoms. The first-order chi connectivity index (χ1) is 21.4. The van der Waals surface area contributed by atoms with Gasteiger partial charge in [-0.2, -0.15) is 0 Å². The zero-order valence-electron chi connectivity index (χ0n) is 23.3. The molecule has 0 aliphatic rings. The van der Waals surface area contributed by atoms with Crippen molar-refractivity contribution in [3.8, 4) is 36.0 Å². The zero-order valence-corrected chi connectivity index (χ0v) is 23.3. The van der Waals surface area contributed by atoms with E-state index in [1.54, 1.807) is 24.3 Å². The first kappa shape index (κ1) is 29.0. The summed E-state index contributed by atoms with van der Waals surface area (Å²) in [5.74, 6) is 11.2. The number of Topliss-reactive ketones (excluding diaryl/α,β-unsaturated/α-hetero) is 4. The minimum atomic E-state index is -0.854. The quantitative estimate of drug-likeness (QED) is 0.132. The van der Waals surface area contributed by atoms with Crippen LogP contribution >= 0.6 is 0 Å². The molecule has 0 unspecified atom stereocenters. The molecule has 0 radical (unpaired) electrons. The standard InChI is InChI=1S/C40H22O4/c1-2-28-25-35(39(43)37(41)33-21-17-31(18-22-33)15-13-29-9-5-3-6-10-29)27-36(26-28)40(44)38(42)34-23-19-32(20-24-34)16-14-30-11-7-4-8-12-30/h1,3-12,17-27H. The van der Waals surface area contributed by atoms with E-state index in [-0.39, 0.29) is 27.8 Å². The molecule has 0 saturated heterocycles. The first-order valence-corrected chi connectivity index (χ1v) is 13.6. The van der Waals surface area contributed by atoms with Gasteiger partial charge in [0.05, 0.1) is 0 Å². The van der Waals surface area contributed by atoms with Crippen LogP contribution < -0.4 is 0 Å². The van der Waals surface area contributed by atoms with Crippen molar-refractivity contribution in [3.63, 3.8) is 0 Å². The molecule has 0 atom stereocenters. The molecule has 4 heteroatoms. The fraction of sp³-hybridized carbons (Fsp3) is 0. The summed E-state index contributed by atoms with van der Waals surface area (Å²) in [4.78, 5) is 52.4. The molecule has 5 rings (SSSR count). The maximum atomic E-state index is 13.2. The van der Waals surface area contributed by atoms with Crippen LogP contribution in [-0.4, -0.2) is 23.1 Å². The van der Waals surface area contributed by atoms with Crippen molar-refractivity contribution in [2.24, 2.45) is 0 Å². The van der Waals surface area contributed by atoms with E-state index < -0.39 is 23.1 Å². The van der Waals surface area contributed by atoms with Crippen molar-refractivity contribution in [2.45, 2.75) is 0 Å². The van der Waals surface area contributed by atoms with Gasteiger partial charge in [0.1, 0.15) is 0 Å². The van der Waals surface area contributed by atoms with Crippen LogP contribution in [0.25, 0.3) is 0 Å². The molecule has 0 fully saturated rings. The maximum absolute atomic E-state index is 13.2. The van der Waals surface area contributed by atoms with Gasteiger partial charge >= 0.3 is 0 Å². The second-order valence-electron chi connectivity index (χ2n) is 9.65. The van der Waals surface area contributed by atoms with Gasteiger partial charge in [-0.3, -0.25) is 19.2 Å². The second-order valence-corrected chi connectivity index (χ2v) is 9.65. The second kappa shape index (κ2) is 13.4. The summed E-state index contributed by atoms with van der Waals surface area (Å²) in [6.45, 7) is 0. The maximum Gasteiger partial charge on any atom is 0.233 e. The number of hydrogen-bond donors (Lipinski definition) is 0. The molecule has 0 aliphatic heterocycles. The van der Waals surface area contributed by atoms with Crippen molar-refractivity contribution < 1.29 is 19.2 Å². The Labute approximate surface area is 255 Å². The zero-order chi connectivity index (χ0) is 30.9. The van der Waals surface area contributed by atoms with E-state index in [4.69, 9.17) is 6.42 Å². The van der Waals surface area contributed by atoms with Crippen LogP contribution in [0.3, 0.4) is 0 Å². The number of carbonyl (C=O) groups excluding carboxylic acids is 4. The molecule has 0 amide bonds. The van der Waals surface area contributed by atoms with Crippen molar-refractivity contribution in [1.29, 1.82) is 0 Å². The molecule has 0 saturated carbocycles. The summed E-state index contributed by atoms with van der Waals surface area (Å²) in [7, 11) is 0. The van der Waals surface area contributed by atoms with E-state index in [9.17, 15) is 19.2 Å². The summed E-state index contributed by atoms with van der Waals surface area (Å²) in [6, 6.07) is 35.5. The van der Waals surface area contributed by atoms with Crippen LogP contribution in [-0.2, 0) is 0 Å². The Bertz CT molecular complexity index is 1910. The van der Waals surface area contributed by atoms with Gasteiger partial charge in [0.25, 0.3) is 0 Å². The average molecular weight is 567 g/mol. The Balaban J connectivity index is 1.32. The Hall–Kier alpha value is -6.54. The van der Waals surface area contributed by atoms with Gasteiger partial charge in [0.2, 0.25) is 23.1 Å². The minimum Gasteiger partial charge on any atom is -0.285 e. The Morgan fingerprint density at radius 3 is 1.02 bits per heavy atom. The predicted molar refractivity (Wildman–Crippen MR) is 169 cm³/mol. The van der Waals surface area contributed by atoms with Gasteiger partial charge in [-0.15, -0.1) is 6.42 Å². The van der Waals surface area contributed by atoms with E-state index in [1.165, 1.54) is 42.5 Å². The lowest BCUT2D eigenvalue weighted by atomic mass is 9.94. The number of carbonyl (C=O) groups is 4. The van der Waals surface area contributed by atoms with Gasteiger partial charge in [0, 0.05) is 50.1 Å². The molecular weight excluding hydrogens is 544 g/mol. The molecule has 5 aromatic rings. The monoisotopic (exact) mass is 566 g/mol. The van der Waals surface area contributed by atoms with Gasteiger partial charge in [-0.25, -0.2) is 0 Å². The minimum absolute atomic E-state index is 0.0823. The molecule has 206 valence electrons. The number of hydrogen-bond acceptors (Lipinski definition) is 4. The largest absolute Gasteiger partial charge is 0.285 e. The Morgan fingerprint density at radius 1 is 0.364 bits per heavy atom. The van der Waals surface area contributed by atoms with Crippen LogP contribution in [0.1, 0.15) is 69.2 Å². The third-order valence-corrected chi connectivity index (χ3v) is 6.58. The highest BCUT2D eigenvalue weighted by Crippen LogP contribution is 2.17. The lowest BCUT2D eigenvalue weighted by Gasteiger charge is -2.07. The molecular formula is C40H22O4. The van der Waals surface area contributed by atoms with Crippen molar-refractivity contribution in [3.05, 3.63) is 177 Å². The third-order valence-electron chi connectivity index (χ3n) is 6.58. The van der Waals surface area contributed by atoms with E-state index in [1.807, 2.05) is 60.7 Å². The van der Waals surface area contributed by atoms with Crippen LogP contribution in [0.4, 0.5) is 0 Å². The van der Waals surface area contributed by atoms with Crippen LogP contribution in [0.2, 0.25) is 0 Å². The highest BCUT2D eigenvalue weighted by Gasteiger charge is 2.23. The molecule has 0 bridgehead atoms. The summed E-state index contributed by atoms with van der Waals surface area (Å²) in [6.07, 6.45) is 5.57. The molecule has 5 aromatic carbocycles. The number of terminal acetylenes is 1. The molecule has 0 aliphatic carbocycles. The van der Waals surface area contributed by atoms with Crippen LogP contribution in [0, 0.1) is 36.0 Å². The van der Waals surface area contributed by atoms with E-state index >= 15 is 0 Å². The van der Waals surface area contributed by atoms with E-state index in [0.29, 0.717) is 11.1 Å². The lowest BCUT2D eigenvalue weighted by Crippen LogP contribution is -2.18. The van der Waals surface area contributed by atoms with Crippen LogP contribution in [0.5, 0.6) is 0 Å². The molecule has 4 nitrogen and oxygen atoms in total. The Kier molecular flexibility index (Phi) is 8.83. The fourth-order valence-electron chi connectivity index (χ4n) is 4.24. The first-order valence-electron chi connectivity index (χ1n) is 13.6. The average Bonchev–Trinajstić information content (AvgIpc) is 3.09. The Morgan fingerprint density at radius 2 is 0.682 bits per heavy atom. The molecule has 44 heavy (non-hydrogen) atoms. The molecule has 0 N–H and O–H groups in total. The number of benzene rings is 5. The van der Waals surface area contributed by atoms with Crippen LogP contribution in [0.15, 0.2) is 127 Å². The molecule has 0 heterocycles. The normalized spacial score (nSPS) is 9.80. The van der Waals surface area contributed by atoms with Gasteiger partial charge < -0.3 is 0 Å². The summed E-state index contributed by atoms with van der Waals surface area (Å²) in [5, 5.41) is 0. The summed E-state index contributed by atoms with van der Waals surface area (Å²) in [5.41, 5.74) is 3.40. The highest BCUT2D eigenvalue weighted by atomic mass is 16.2.